The van der Waals surface area contributed by atoms with Crippen molar-refractivity contribution in [2.24, 2.45) is 0 Å². The largest absolute Gasteiger partial charge is 0.457 e. The molecule has 0 N–H and O–H groups in total. The van der Waals surface area contributed by atoms with E-state index in [9.17, 15) is 0 Å². The lowest BCUT2D eigenvalue weighted by Gasteiger charge is -2.40. The van der Waals surface area contributed by atoms with Gasteiger partial charge in [0.05, 0.1) is 5.41 Å². The average molecular weight is 768 g/mol. The van der Waals surface area contributed by atoms with Crippen LogP contribution >= 0.6 is 0 Å². The van der Waals surface area contributed by atoms with Gasteiger partial charge in [0.2, 0.25) is 0 Å². The SMILES string of the molecule is CC1(C)c2ccccc2-c2ccc(N(c3ccccc3)c3ccc4c(c3)C3(c5cc(-c6ccccc6)ccc5Oc5ccc(-c6ccccc6)cc53)c3ccccc3-4)cc21. The molecule has 1 aliphatic heterocycles. The Morgan fingerprint density at radius 1 is 0.317 bits per heavy atom. The molecule has 0 bridgehead atoms. The van der Waals surface area contributed by atoms with Gasteiger partial charge in [-0.25, -0.2) is 0 Å². The Labute approximate surface area is 351 Å². The van der Waals surface area contributed by atoms with E-state index < -0.39 is 5.41 Å². The number of hydrogen-bond donors (Lipinski definition) is 0. The van der Waals surface area contributed by atoms with Gasteiger partial charge in [0.15, 0.2) is 0 Å². The Morgan fingerprint density at radius 2 is 0.767 bits per heavy atom. The zero-order valence-electron chi connectivity index (χ0n) is 33.6. The van der Waals surface area contributed by atoms with Crippen molar-refractivity contribution in [1.82, 2.24) is 0 Å². The zero-order valence-corrected chi connectivity index (χ0v) is 33.6. The normalized spacial score (nSPS) is 14.2. The Kier molecular flexibility index (Phi) is 7.52. The van der Waals surface area contributed by atoms with E-state index in [1.165, 1.54) is 55.6 Å². The van der Waals surface area contributed by atoms with Gasteiger partial charge >= 0.3 is 0 Å². The van der Waals surface area contributed by atoms with Crippen LogP contribution in [0.3, 0.4) is 0 Å². The summed E-state index contributed by atoms with van der Waals surface area (Å²) in [6.45, 7) is 4.72. The van der Waals surface area contributed by atoms with Crippen molar-refractivity contribution in [2.45, 2.75) is 24.7 Å². The number of fused-ring (bicyclic) bond motifs is 12. The molecular weight excluding hydrogens is 727 g/mol. The van der Waals surface area contributed by atoms with Crippen molar-refractivity contribution < 1.29 is 4.74 Å². The summed E-state index contributed by atoms with van der Waals surface area (Å²) in [5, 5.41) is 0. The third kappa shape index (κ3) is 4.94. The van der Waals surface area contributed by atoms with Crippen LogP contribution in [0, 0.1) is 0 Å². The molecule has 0 unspecified atom stereocenters. The Hall–Kier alpha value is -7.42. The number of ether oxygens (including phenoxy) is 1. The molecule has 3 aliphatic rings. The fraction of sp³-hybridized carbons (Fsp3) is 0.0690. The number of rotatable bonds is 5. The minimum Gasteiger partial charge on any atom is -0.457 e. The number of anilines is 3. The minimum absolute atomic E-state index is 0.129. The summed E-state index contributed by atoms with van der Waals surface area (Å²) in [4.78, 5) is 2.44. The van der Waals surface area contributed by atoms with E-state index in [1.54, 1.807) is 0 Å². The van der Waals surface area contributed by atoms with E-state index in [1.807, 2.05) is 0 Å². The first-order valence-corrected chi connectivity index (χ1v) is 20.9. The van der Waals surface area contributed by atoms with E-state index in [0.29, 0.717) is 0 Å². The molecule has 9 aromatic rings. The van der Waals surface area contributed by atoms with Crippen LogP contribution in [0.4, 0.5) is 17.1 Å². The van der Waals surface area contributed by atoms with E-state index in [2.05, 4.69) is 231 Å². The summed E-state index contributed by atoms with van der Waals surface area (Å²) >= 11 is 0. The highest BCUT2D eigenvalue weighted by Gasteiger charge is 2.51. The molecule has 284 valence electrons. The molecule has 2 heteroatoms. The molecule has 1 spiro atoms. The number of para-hydroxylation sites is 1. The summed E-state index contributed by atoms with van der Waals surface area (Å²) in [5.41, 5.74) is 19.9. The predicted molar refractivity (Wildman–Crippen MR) is 247 cm³/mol. The summed E-state index contributed by atoms with van der Waals surface area (Å²) in [7, 11) is 0. The Bertz CT molecular complexity index is 3060. The lowest BCUT2D eigenvalue weighted by molar-refractivity contribution is 0.436. The highest BCUT2D eigenvalue weighted by Crippen LogP contribution is 2.63. The van der Waals surface area contributed by atoms with Gasteiger partial charge in [-0.1, -0.05) is 166 Å². The quantitative estimate of drug-likeness (QED) is 0.173. The van der Waals surface area contributed by atoms with Crippen molar-refractivity contribution in [3.63, 3.8) is 0 Å². The molecule has 0 fully saturated rings. The van der Waals surface area contributed by atoms with Crippen LogP contribution < -0.4 is 9.64 Å². The fourth-order valence-electron chi connectivity index (χ4n) is 10.6. The highest BCUT2D eigenvalue weighted by molar-refractivity contribution is 5.93. The number of nitrogens with zero attached hydrogens (tertiary/aromatic N) is 1. The second kappa shape index (κ2) is 13.0. The maximum absolute atomic E-state index is 6.97. The molecular formula is C58H41NO. The molecule has 1 heterocycles. The van der Waals surface area contributed by atoms with Crippen LogP contribution in [0.15, 0.2) is 212 Å². The van der Waals surface area contributed by atoms with Crippen LogP contribution in [0.25, 0.3) is 44.5 Å². The molecule has 12 rings (SSSR count). The van der Waals surface area contributed by atoms with Gasteiger partial charge in [0, 0.05) is 33.6 Å². The van der Waals surface area contributed by atoms with Crippen molar-refractivity contribution in [1.29, 1.82) is 0 Å². The van der Waals surface area contributed by atoms with Gasteiger partial charge in [0.1, 0.15) is 11.5 Å². The van der Waals surface area contributed by atoms with E-state index >= 15 is 0 Å². The maximum atomic E-state index is 6.97. The topological polar surface area (TPSA) is 12.5 Å². The molecule has 0 saturated heterocycles. The lowest BCUT2D eigenvalue weighted by atomic mass is 9.65. The van der Waals surface area contributed by atoms with Crippen LogP contribution in [-0.2, 0) is 10.8 Å². The van der Waals surface area contributed by atoms with Gasteiger partial charge in [-0.2, -0.15) is 0 Å². The van der Waals surface area contributed by atoms with E-state index in [-0.39, 0.29) is 5.41 Å². The van der Waals surface area contributed by atoms with Crippen molar-refractivity contribution in [3.8, 4) is 56.0 Å². The first-order chi connectivity index (χ1) is 29.5. The van der Waals surface area contributed by atoms with Crippen molar-refractivity contribution in [3.05, 3.63) is 246 Å². The minimum atomic E-state index is -0.676. The predicted octanol–water partition coefficient (Wildman–Crippen LogP) is 15.3. The van der Waals surface area contributed by atoms with Crippen molar-refractivity contribution >= 4 is 17.1 Å². The van der Waals surface area contributed by atoms with Crippen LogP contribution in [0.1, 0.15) is 47.2 Å². The van der Waals surface area contributed by atoms with E-state index in [4.69, 9.17) is 4.74 Å². The van der Waals surface area contributed by atoms with Crippen LogP contribution in [0.5, 0.6) is 11.5 Å². The lowest BCUT2D eigenvalue weighted by Crippen LogP contribution is -2.32. The Balaban J connectivity index is 1.14. The first-order valence-electron chi connectivity index (χ1n) is 20.9. The van der Waals surface area contributed by atoms with Crippen molar-refractivity contribution in [2.75, 3.05) is 4.90 Å². The molecule has 2 aliphatic carbocycles. The third-order valence-corrected chi connectivity index (χ3v) is 13.3. The second-order valence-corrected chi connectivity index (χ2v) is 16.9. The second-order valence-electron chi connectivity index (χ2n) is 16.9. The summed E-state index contributed by atoms with van der Waals surface area (Å²) in [6.07, 6.45) is 0. The van der Waals surface area contributed by atoms with Gasteiger partial charge < -0.3 is 9.64 Å². The zero-order chi connectivity index (χ0) is 40.0. The number of benzene rings is 9. The molecule has 0 saturated carbocycles. The summed E-state index contributed by atoms with van der Waals surface area (Å²) in [5.74, 6) is 1.76. The van der Waals surface area contributed by atoms with Crippen LogP contribution in [-0.4, -0.2) is 0 Å². The highest BCUT2D eigenvalue weighted by atomic mass is 16.5. The first kappa shape index (κ1) is 34.6. The fourth-order valence-corrected chi connectivity index (χ4v) is 10.6. The molecule has 0 amide bonds. The van der Waals surface area contributed by atoms with Gasteiger partial charge in [-0.15, -0.1) is 0 Å². The number of hydrogen-bond acceptors (Lipinski definition) is 2. The molecule has 0 aromatic heterocycles. The van der Waals surface area contributed by atoms with Gasteiger partial charge in [-0.05, 0) is 127 Å². The van der Waals surface area contributed by atoms with Crippen LogP contribution in [0.2, 0.25) is 0 Å². The van der Waals surface area contributed by atoms with Gasteiger partial charge in [0.25, 0.3) is 0 Å². The molecule has 60 heavy (non-hydrogen) atoms. The maximum Gasteiger partial charge on any atom is 0.132 e. The molecule has 0 radical (unpaired) electrons. The molecule has 0 atom stereocenters. The average Bonchev–Trinajstić information content (AvgIpc) is 3.72. The third-order valence-electron chi connectivity index (χ3n) is 13.3. The summed E-state index contributed by atoms with van der Waals surface area (Å²) in [6, 6.07) is 77.9. The molecule has 2 nitrogen and oxygen atoms in total. The Morgan fingerprint density at radius 3 is 1.35 bits per heavy atom. The molecule has 9 aromatic carbocycles. The smallest absolute Gasteiger partial charge is 0.132 e. The summed E-state index contributed by atoms with van der Waals surface area (Å²) < 4.78 is 6.97. The van der Waals surface area contributed by atoms with E-state index in [0.717, 1.165) is 50.8 Å². The monoisotopic (exact) mass is 767 g/mol. The standard InChI is InChI=1S/C58H41NO/c1-57(2)49-24-14-12-22-45(49)47-30-28-43(36-51(47)57)59(42-20-10-5-11-21-42)44-29-31-48-46-23-13-15-25-50(46)58(52(48)37-44)53-34-40(38-16-6-3-7-17-38)26-32-55(53)60-56-33-27-41(35-54(56)58)39-18-8-4-9-19-39/h3-37H,1-2H3. The van der Waals surface area contributed by atoms with Gasteiger partial charge in [-0.3, -0.25) is 0 Å².